The van der Waals surface area contributed by atoms with Crippen LogP contribution in [-0.2, 0) is 0 Å². The zero-order valence-electron chi connectivity index (χ0n) is 9.53. The molecular weight excluding hydrogens is 242 g/mol. The molecule has 1 fully saturated rings. The fourth-order valence-electron chi connectivity index (χ4n) is 1.90. The van der Waals surface area contributed by atoms with E-state index in [1.165, 1.54) is 11.8 Å². The fraction of sp³-hybridized carbons (Fsp3) is 0.500. The highest BCUT2D eigenvalue weighted by molar-refractivity contribution is 7.99. The van der Waals surface area contributed by atoms with Gasteiger partial charge in [0.2, 0.25) is 6.43 Å². The summed E-state index contributed by atoms with van der Waals surface area (Å²) in [5.41, 5.74) is 1.08. The van der Waals surface area contributed by atoms with Gasteiger partial charge in [-0.3, -0.25) is 0 Å². The summed E-state index contributed by atoms with van der Waals surface area (Å²) in [7, 11) is 0. The predicted molar refractivity (Wildman–Crippen MR) is 68.3 cm³/mol. The van der Waals surface area contributed by atoms with Crippen LogP contribution in [0.3, 0.4) is 0 Å². The van der Waals surface area contributed by atoms with Crippen LogP contribution in [0.25, 0.3) is 0 Å². The summed E-state index contributed by atoms with van der Waals surface area (Å²) in [4.78, 5) is 3.21. The SMILES string of the molecule is FC(F)CSc1ccccc1N1CCNCC1. The van der Waals surface area contributed by atoms with Crippen molar-refractivity contribution in [2.24, 2.45) is 0 Å². The molecule has 0 saturated carbocycles. The van der Waals surface area contributed by atoms with Crippen molar-refractivity contribution in [2.75, 3.05) is 36.8 Å². The molecule has 0 aliphatic carbocycles. The number of piperazine rings is 1. The number of nitrogens with zero attached hydrogens (tertiary/aromatic N) is 1. The molecule has 0 amide bonds. The van der Waals surface area contributed by atoms with Gasteiger partial charge in [-0.15, -0.1) is 11.8 Å². The van der Waals surface area contributed by atoms with Gasteiger partial charge in [0, 0.05) is 31.1 Å². The van der Waals surface area contributed by atoms with E-state index < -0.39 is 6.43 Å². The number of alkyl halides is 2. The number of para-hydroxylation sites is 1. The minimum Gasteiger partial charge on any atom is -0.368 e. The van der Waals surface area contributed by atoms with Gasteiger partial charge < -0.3 is 10.2 Å². The highest BCUT2D eigenvalue weighted by atomic mass is 32.2. The third kappa shape index (κ3) is 3.57. The maximum atomic E-state index is 12.2. The van der Waals surface area contributed by atoms with E-state index in [-0.39, 0.29) is 5.75 Å². The van der Waals surface area contributed by atoms with Crippen molar-refractivity contribution >= 4 is 17.4 Å². The molecule has 1 heterocycles. The van der Waals surface area contributed by atoms with Crippen molar-refractivity contribution in [3.8, 4) is 0 Å². The number of rotatable bonds is 4. The lowest BCUT2D eigenvalue weighted by Crippen LogP contribution is -2.43. The Bertz CT molecular complexity index is 354. The van der Waals surface area contributed by atoms with Gasteiger partial charge in [0.15, 0.2) is 0 Å². The molecule has 1 aromatic rings. The second kappa shape index (κ2) is 6.21. The zero-order valence-corrected chi connectivity index (χ0v) is 10.4. The first kappa shape index (κ1) is 12.6. The molecule has 0 bridgehead atoms. The van der Waals surface area contributed by atoms with Gasteiger partial charge in [-0.25, -0.2) is 8.78 Å². The molecule has 0 radical (unpaired) electrons. The Morgan fingerprint density at radius 1 is 1.24 bits per heavy atom. The number of thioether (sulfide) groups is 1. The van der Waals surface area contributed by atoms with Gasteiger partial charge in [-0.1, -0.05) is 12.1 Å². The van der Waals surface area contributed by atoms with E-state index in [1.54, 1.807) is 0 Å². The smallest absolute Gasteiger partial charge is 0.247 e. The van der Waals surface area contributed by atoms with Gasteiger partial charge >= 0.3 is 0 Å². The van der Waals surface area contributed by atoms with Crippen molar-refractivity contribution in [1.29, 1.82) is 0 Å². The lowest BCUT2D eigenvalue weighted by Gasteiger charge is -2.30. The van der Waals surface area contributed by atoms with Gasteiger partial charge in [-0.2, -0.15) is 0 Å². The molecule has 0 aromatic heterocycles. The van der Waals surface area contributed by atoms with Crippen molar-refractivity contribution in [2.45, 2.75) is 11.3 Å². The summed E-state index contributed by atoms with van der Waals surface area (Å²) in [5.74, 6) is -0.136. The minimum absolute atomic E-state index is 0.136. The van der Waals surface area contributed by atoms with Crippen molar-refractivity contribution < 1.29 is 8.78 Å². The maximum Gasteiger partial charge on any atom is 0.247 e. The first-order chi connectivity index (χ1) is 8.27. The van der Waals surface area contributed by atoms with Crippen LogP contribution in [-0.4, -0.2) is 38.4 Å². The number of hydrogen-bond acceptors (Lipinski definition) is 3. The average molecular weight is 258 g/mol. The monoisotopic (exact) mass is 258 g/mol. The molecule has 1 saturated heterocycles. The fourth-order valence-corrected chi connectivity index (χ4v) is 2.72. The Kier molecular flexibility index (Phi) is 4.62. The molecule has 94 valence electrons. The van der Waals surface area contributed by atoms with E-state index in [9.17, 15) is 8.78 Å². The van der Waals surface area contributed by atoms with Gasteiger partial charge in [0.05, 0.1) is 11.4 Å². The van der Waals surface area contributed by atoms with Crippen LogP contribution in [0.4, 0.5) is 14.5 Å². The minimum atomic E-state index is -2.25. The highest BCUT2D eigenvalue weighted by Crippen LogP contribution is 2.31. The van der Waals surface area contributed by atoms with E-state index in [0.717, 1.165) is 36.8 Å². The number of halogens is 2. The molecule has 0 unspecified atom stereocenters. The Morgan fingerprint density at radius 2 is 1.94 bits per heavy atom. The summed E-state index contributed by atoms with van der Waals surface area (Å²) in [6.07, 6.45) is -2.25. The third-order valence-corrected chi connectivity index (χ3v) is 3.76. The second-order valence-corrected chi connectivity index (χ2v) is 4.97. The van der Waals surface area contributed by atoms with Crippen LogP contribution in [0.1, 0.15) is 0 Å². The first-order valence-corrected chi connectivity index (χ1v) is 6.71. The molecule has 1 aliphatic rings. The highest BCUT2D eigenvalue weighted by Gasteiger charge is 2.14. The van der Waals surface area contributed by atoms with Gasteiger partial charge in [-0.05, 0) is 12.1 Å². The molecule has 2 rings (SSSR count). The Hall–Kier alpha value is -0.810. The lowest BCUT2D eigenvalue weighted by atomic mass is 10.2. The average Bonchev–Trinajstić information content (AvgIpc) is 2.38. The van der Waals surface area contributed by atoms with Crippen molar-refractivity contribution in [3.05, 3.63) is 24.3 Å². The van der Waals surface area contributed by atoms with Crippen LogP contribution in [0.15, 0.2) is 29.2 Å². The standard InChI is InChI=1S/C12H16F2N2S/c13-12(14)9-17-11-4-2-1-3-10(11)16-7-5-15-6-8-16/h1-4,12,15H,5-9H2. The third-order valence-electron chi connectivity index (χ3n) is 2.69. The van der Waals surface area contributed by atoms with E-state index in [0.29, 0.717) is 0 Å². The molecular formula is C12H16F2N2S. The molecule has 5 heteroatoms. The zero-order chi connectivity index (χ0) is 12.1. The molecule has 17 heavy (non-hydrogen) atoms. The van der Waals surface area contributed by atoms with Gasteiger partial charge in [0.25, 0.3) is 0 Å². The second-order valence-electron chi connectivity index (χ2n) is 3.91. The van der Waals surface area contributed by atoms with Crippen LogP contribution in [0, 0.1) is 0 Å². The van der Waals surface area contributed by atoms with E-state index in [1.807, 2.05) is 24.3 Å². The summed E-state index contributed by atoms with van der Waals surface area (Å²) in [6.45, 7) is 3.78. The lowest BCUT2D eigenvalue weighted by molar-refractivity contribution is 0.177. The normalized spacial score (nSPS) is 16.5. The number of benzene rings is 1. The predicted octanol–water partition coefficient (Wildman–Crippen LogP) is 2.45. The van der Waals surface area contributed by atoms with E-state index >= 15 is 0 Å². The molecule has 0 spiro atoms. The summed E-state index contributed by atoms with van der Waals surface area (Å²) < 4.78 is 24.5. The Morgan fingerprint density at radius 3 is 2.65 bits per heavy atom. The molecule has 1 aromatic carbocycles. The number of nitrogens with one attached hydrogen (secondary N) is 1. The topological polar surface area (TPSA) is 15.3 Å². The van der Waals surface area contributed by atoms with Gasteiger partial charge in [0.1, 0.15) is 0 Å². The summed E-state index contributed by atoms with van der Waals surface area (Å²) in [5, 5.41) is 3.29. The first-order valence-electron chi connectivity index (χ1n) is 5.73. The summed E-state index contributed by atoms with van der Waals surface area (Å²) >= 11 is 1.24. The van der Waals surface area contributed by atoms with Crippen molar-refractivity contribution in [3.63, 3.8) is 0 Å². The molecule has 1 aliphatic heterocycles. The van der Waals surface area contributed by atoms with E-state index in [4.69, 9.17) is 0 Å². The van der Waals surface area contributed by atoms with Crippen LogP contribution >= 0.6 is 11.8 Å². The molecule has 2 nitrogen and oxygen atoms in total. The Labute approximate surface area is 104 Å². The Balaban J connectivity index is 2.09. The van der Waals surface area contributed by atoms with Crippen LogP contribution < -0.4 is 10.2 Å². The number of hydrogen-bond donors (Lipinski definition) is 1. The maximum absolute atomic E-state index is 12.2. The van der Waals surface area contributed by atoms with Crippen molar-refractivity contribution in [1.82, 2.24) is 5.32 Å². The van der Waals surface area contributed by atoms with Crippen LogP contribution in [0.2, 0.25) is 0 Å². The number of anilines is 1. The van der Waals surface area contributed by atoms with Crippen LogP contribution in [0.5, 0.6) is 0 Å². The largest absolute Gasteiger partial charge is 0.368 e. The quantitative estimate of drug-likeness (QED) is 0.835. The molecule has 0 atom stereocenters. The van der Waals surface area contributed by atoms with E-state index in [2.05, 4.69) is 10.2 Å². The summed E-state index contributed by atoms with van der Waals surface area (Å²) in [6, 6.07) is 7.80. The molecule has 1 N–H and O–H groups in total.